The number of fused-ring (bicyclic) bond motifs is 1. The number of pyridine rings is 1. The normalized spacial score (nSPS) is 10.6. The summed E-state index contributed by atoms with van der Waals surface area (Å²) < 4.78 is 7.16. The van der Waals surface area contributed by atoms with Gasteiger partial charge in [0.15, 0.2) is 5.65 Å². The van der Waals surface area contributed by atoms with E-state index >= 15 is 0 Å². The van der Waals surface area contributed by atoms with Gasteiger partial charge < -0.3 is 10.5 Å². The topological polar surface area (TPSA) is 82.5 Å². The maximum atomic E-state index is 11.1. The number of nitrogens with two attached hydrogens (primary N) is 1. The van der Waals surface area contributed by atoms with Crippen molar-refractivity contribution in [2.45, 2.75) is 13.8 Å². The lowest BCUT2D eigenvalue weighted by Gasteiger charge is -2.08. The minimum Gasteiger partial charge on any atom is -0.479 e. The van der Waals surface area contributed by atoms with Gasteiger partial charge in [-0.2, -0.15) is 0 Å². The summed E-state index contributed by atoms with van der Waals surface area (Å²) in [5, 5.41) is 7.85. The Morgan fingerprint density at radius 2 is 2.25 bits per heavy atom. The second kappa shape index (κ2) is 3.80. The molecule has 0 radical (unpaired) electrons. The molecule has 0 spiro atoms. The van der Waals surface area contributed by atoms with E-state index in [1.54, 1.807) is 16.5 Å². The van der Waals surface area contributed by atoms with Gasteiger partial charge in [-0.15, -0.1) is 10.2 Å². The highest BCUT2D eigenvalue weighted by atomic mass is 16.5. The first-order valence-corrected chi connectivity index (χ1v) is 4.92. The summed E-state index contributed by atoms with van der Waals surface area (Å²) in [6, 6.07) is 3.18. The molecular formula is C10H12N4O2. The van der Waals surface area contributed by atoms with Crippen molar-refractivity contribution in [2.24, 2.45) is 5.73 Å². The number of hydrogen-bond acceptors (Lipinski definition) is 4. The predicted molar refractivity (Wildman–Crippen MR) is 57.4 cm³/mol. The molecule has 0 saturated carbocycles. The third-order valence-corrected chi connectivity index (χ3v) is 2.21. The lowest BCUT2D eigenvalue weighted by atomic mass is 10.2. The number of rotatable bonds is 3. The number of primary amides is 1. The van der Waals surface area contributed by atoms with Crippen molar-refractivity contribution in [2.75, 3.05) is 6.61 Å². The number of amides is 1. The summed E-state index contributed by atoms with van der Waals surface area (Å²) in [6.45, 7) is 4.17. The molecule has 0 saturated heterocycles. The van der Waals surface area contributed by atoms with Gasteiger partial charge in [-0.3, -0.25) is 4.79 Å². The van der Waals surface area contributed by atoms with Crippen LogP contribution in [0.1, 0.15) is 23.1 Å². The molecule has 0 aliphatic carbocycles. The number of carbonyl (C=O) groups excluding carboxylic acids is 1. The molecule has 2 N–H and O–H groups in total. The zero-order chi connectivity index (χ0) is 11.7. The number of ether oxygens (including phenoxy) is 1. The molecule has 0 fully saturated rings. The highest BCUT2D eigenvalue weighted by molar-refractivity contribution is 5.94. The van der Waals surface area contributed by atoms with Crippen molar-refractivity contribution in [3.63, 3.8) is 0 Å². The fourth-order valence-corrected chi connectivity index (χ4v) is 1.52. The summed E-state index contributed by atoms with van der Waals surface area (Å²) in [5.74, 6) is 0.717. The highest BCUT2D eigenvalue weighted by Crippen LogP contribution is 2.18. The van der Waals surface area contributed by atoms with Crippen molar-refractivity contribution in [3.8, 4) is 5.88 Å². The lowest BCUT2D eigenvalue weighted by molar-refractivity contribution is 0.0999. The van der Waals surface area contributed by atoms with Crippen LogP contribution in [0, 0.1) is 6.92 Å². The third-order valence-electron chi connectivity index (χ3n) is 2.21. The van der Waals surface area contributed by atoms with Gasteiger partial charge in [0.05, 0.1) is 6.61 Å². The van der Waals surface area contributed by atoms with Gasteiger partial charge in [0.1, 0.15) is 5.82 Å². The predicted octanol–water partition coefficient (Wildman–Crippen LogP) is 0.535. The zero-order valence-corrected chi connectivity index (χ0v) is 9.10. The molecule has 2 aromatic heterocycles. The molecule has 2 aromatic rings. The van der Waals surface area contributed by atoms with Crippen LogP contribution in [0.3, 0.4) is 0 Å². The fourth-order valence-electron chi connectivity index (χ4n) is 1.52. The molecule has 2 rings (SSSR count). The number of carbonyl (C=O) groups is 1. The molecule has 0 aromatic carbocycles. The standard InChI is InChI=1S/C10H12N4O2/c1-3-16-9-5-7(10(11)15)4-8-13-12-6(2)14(8)9/h4-5H,3H2,1-2H3,(H2,11,15). The van der Waals surface area contributed by atoms with E-state index in [2.05, 4.69) is 10.2 Å². The monoisotopic (exact) mass is 220 g/mol. The maximum Gasteiger partial charge on any atom is 0.249 e. The largest absolute Gasteiger partial charge is 0.479 e. The number of hydrogen-bond donors (Lipinski definition) is 1. The lowest BCUT2D eigenvalue weighted by Crippen LogP contribution is -2.12. The van der Waals surface area contributed by atoms with Crippen LogP contribution in [0.4, 0.5) is 0 Å². The Bertz CT molecular complexity index is 547. The number of nitrogens with zero attached hydrogens (tertiary/aromatic N) is 3. The molecule has 6 heteroatoms. The molecular weight excluding hydrogens is 208 g/mol. The quantitative estimate of drug-likeness (QED) is 0.818. The van der Waals surface area contributed by atoms with Crippen LogP contribution in [0.25, 0.3) is 5.65 Å². The summed E-state index contributed by atoms with van der Waals surface area (Å²) in [6.07, 6.45) is 0. The molecule has 2 heterocycles. The molecule has 6 nitrogen and oxygen atoms in total. The molecule has 0 aliphatic heterocycles. The Kier molecular flexibility index (Phi) is 2.47. The maximum absolute atomic E-state index is 11.1. The number of aryl methyl sites for hydroxylation is 1. The Morgan fingerprint density at radius 3 is 2.88 bits per heavy atom. The van der Waals surface area contributed by atoms with Gasteiger partial charge in [0, 0.05) is 11.6 Å². The van der Waals surface area contributed by atoms with Crippen molar-refractivity contribution >= 4 is 11.6 Å². The first-order chi connectivity index (χ1) is 7.63. The van der Waals surface area contributed by atoms with Crippen LogP contribution in [0.15, 0.2) is 12.1 Å². The second-order valence-corrected chi connectivity index (χ2v) is 3.32. The van der Waals surface area contributed by atoms with E-state index in [-0.39, 0.29) is 0 Å². The Morgan fingerprint density at radius 1 is 1.50 bits per heavy atom. The van der Waals surface area contributed by atoms with Gasteiger partial charge in [-0.25, -0.2) is 4.40 Å². The zero-order valence-electron chi connectivity index (χ0n) is 9.10. The van der Waals surface area contributed by atoms with Crippen molar-refractivity contribution in [3.05, 3.63) is 23.5 Å². The second-order valence-electron chi connectivity index (χ2n) is 3.32. The Hall–Kier alpha value is -2.11. The molecule has 1 amide bonds. The smallest absolute Gasteiger partial charge is 0.249 e. The van der Waals surface area contributed by atoms with E-state index < -0.39 is 5.91 Å². The average Bonchev–Trinajstić information content (AvgIpc) is 2.61. The van der Waals surface area contributed by atoms with E-state index in [0.29, 0.717) is 29.5 Å². The van der Waals surface area contributed by atoms with Crippen LogP contribution in [-0.4, -0.2) is 27.1 Å². The van der Waals surface area contributed by atoms with E-state index in [0.717, 1.165) is 0 Å². The highest BCUT2D eigenvalue weighted by Gasteiger charge is 2.11. The van der Waals surface area contributed by atoms with Gasteiger partial charge in [-0.1, -0.05) is 0 Å². The van der Waals surface area contributed by atoms with Crippen LogP contribution < -0.4 is 10.5 Å². The number of aromatic nitrogens is 3. The minimum atomic E-state index is -0.510. The van der Waals surface area contributed by atoms with Crippen molar-refractivity contribution in [1.82, 2.24) is 14.6 Å². The van der Waals surface area contributed by atoms with E-state index in [4.69, 9.17) is 10.5 Å². The molecule has 84 valence electrons. The minimum absolute atomic E-state index is 0.364. The first kappa shape index (κ1) is 10.4. The average molecular weight is 220 g/mol. The third kappa shape index (κ3) is 1.58. The molecule has 0 bridgehead atoms. The summed E-state index contributed by atoms with van der Waals surface area (Å²) >= 11 is 0. The van der Waals surface area contributed by atoms with Gasteiger partial charge in [-0.05, 0) is 19.9 Å². The SMILES string of the molecule is CCOc1cc(C(N)=O)cc2nnc(C)n12. The van der Waals surface area contributed by atoms with Crippen molar-refractivity contribution in [1.29, 1.82) is 0 Å². The van der Waals surface area contributed by atoms with Crippen molar-refractivity contribution < 1.29 is 9.53 Å². The molecule has 0 atom stereocenters. The first-order valence-electron chi connectivity index (χ1n) is 4.92. The van der Waals surface area contributed by atoms with Gasteiger partial charge >= 0.3 is 0 Å². The van der Waals surface area contributed by atoms with Gasteiger partial charge in [0.25, 0.3) is 0 Å². The summed E-state index contributed by atoms with van der Waals surface area (Å²) in [4.78, 5) is 11.1. The van der Waals surface area contributed by atoms with E-state index in [1.807, 2.05) is 13.8 Å². The molecule has 16 heavy (non-hydrogen) atoms. The Labute approximate surface area is 92.0 Å². The van der Waals surface area contributed by atoms with Crippen LogP contribution in [0.2, 0.25) is 0 Å². The van der Waals surface area contributed by atoms with Crippen LogP contribution in [-0.2, 0) is 0 Å². The fraction of sp³-hybridized carbons (Fsp3) is 0.300. The Balaban J connectivity index is 2.70. The molecule has 0 aliphatic rings. The summed E-state index contributed by atoms with van der Waals surface area (Å²) in [7, 11) is 0. The van der Waals surface area contributed by atoms with E-state index in [1.165, 1.54) is 0 Å². The summed E-state index contributed by atoms with van der Waals surface area (Å²) in [5.41, 5.74) is 6.14. The van der Waals surface area contributed by atoms with Crippen LogP contribution in [0.5, 0.6) is 5.88 Å². The van der Waals surface area contributed by atoms with Gasteiger partial charge in [0.2, 0.25) is 11.8 Å². The van der Waals surface area contributed by atoms with Crippen LogP contribution >= 0.6 is 0 Å². The van der Waals surface area contributed by atoms with E-state index in [9.17, 15) is 4.79 Å². The molecule has 0 unspecified atom stereocenters.